The minimum Gasteiger partial charge on any atom is -0.481 e. The van der Waals surface area contributed by atoms with Crippen molar-refractivity contribution in [3.8, 4) is 0 Å². The molecule has 2 bridgehead atoms. The molecular weight excluding hydrogens is 618 g/mol. The van der Waals surface area contributed by atoms with Gasteiger partial charge < -0.3 is 60.1 Å². The van der Waals surface area contributed by atoms with Crippen molar-refractivity contribution in [2.24, 2.45) is 11.7 Å². The molecule has 4 rings (SSSR count). The highest BCUT2D eigenvalue weighted by molar-refractivity contribution is 5.82. The number of aliphatic hydroxyl groups is 5. The van der Waals surface area contributed by atoms with Crippen LogP contribution in [0.2, 0.25) is 0 Å². The van der Waals surface area contributed by atoms with E-state index in [0.29, 0.717) is 6.42 Å². The lowest BCUT2D eigenvalue weighted by Gasteiger charge is -2.45. The predicted octanol–water partition coefficient (Wildman–Crippen LogP) is 0.120. The van der Waals surface area contributed by atoms with Crippen LogP contribution in [0.15, 0.2) is 60.8 Å². The molecule has 4 heterocycles. The van der Waals surface area contributed by atoms with E-state index >= 15 is 0 Å². The molecule has 14 heteroatoms. The van der Waals surface area contributed by atoms with Gasteiger partial charge in [0.1, 0.15) is 24.2 Å². The molecule has 262 valence electrons. The van der Waals surface area contributed by atoms with Gasteiger partial charge >= 0.3 is 11.9 Å². The second-order valence-electron chi connectivity index (χ2n) is 12.6. The Balaban J connectivity index is 1.58. The summed E-state index contributed by atoms with van der Waals surface area (Å²) < 4.78 is 28.5. The van der Waals surface area contributed by atoms with E-state index in [1.54, 1.807) is 56.4 Å². The number of rotatable bonds is 3. The maximum absolute atomic E-state index is 12.3. The lowest BCUT2D eigenvalue weighted by molar-refractivity contribution is -0.308. The maximum atomic E-state index is 12.3. The summed E-state index contributed by atoms with van der Waals surface area (Å²) in [5, 5.41) is 63.9. The summed E-state index contributed by atoms with van der Waals surface area (Å²) >= 11 is 0. The monoisotopic (exact) mass is 665 g/mol. The molecular formula is C33H47NO13. The van der Waals surface area contributed by atoms with Gasteiger partial charge in [-0.1, -0.05) is 48.6 Å². The van der Waals surface area contributed by atoms with Gasteiger partial charge in [-0.15, -0.1) is 0 Å². The first kappa shape index (κ1) is 37.1. The van der Waals surface area contributed by atoms with Crippen LogP contribution in [0.3, 0.4) is 0 Å². The Morgan fingerprint density at radius 2 is 1.64 bits per heavy atom. The fourth-order valence-corrected chi connectivity index (χ4v) is 6.00. The van der Waals surface area contributed by atoms with E-state index in [1.807, 2.05) is 6.08 Å². The van der Waals surface area contributed by atoms with Gasteiger partial charge in [0.2, 0.25) is 0 Å². The van der Waals surface area contributed by atoms with E-state index in [2.05, 4.69) is 0 Å². The molecule has 0 aromatic heterocycles. The van der Waals surface area contributed by atoms with Crippen molar-refractivity contribution in [2.45, 2.75) is 125 Å². The molecule has 0 radical (unpaired) electrons. The number of nitrogens with two attached hydrogens (primary N) is 1. The Bertz CT molecular complexity index is 1220. The van der Waals surface area contributed by atoms with Crippen LogP contribution in [0.1, 0.15) is 46.0 Å². The zero-order chi connectivity index (χ0) is 34.3. The molecule has 3 saturated heterocycles. The van der Waals surface area contributed by atoms with Crippen molar-refractivity contribution in [3.63, 3.8) is 0 Å². The Labute approximate surface area is 273 Å². The normalized spacial score (nSPS) is 43.8. The van der Waals surface area contributed by atoms with E-state index in [1.165, 1.54) is 12.2 Å². The molecule has 14 nitrogen and oxygen atoms in total. The second kappa shape index (κ2) is 16.6. The lowest BCUT2D eigenvalue weighted by atomic mass is 9.83. The van der Waals surface area contributed by atoms with Crippen LogP contribution in [-0.4, -0.2) is 122 Å². The van der Waals surface area contributed by atoms with Gasteiger partial charge in [-0.25, -0.2) is 4.79 Å². The molecule has 14 atom stereocenters. The topological polar surface area (TPSA) is 231 Å². The summed E-state index contributed by atoms with van der Waals surface area (Å²) in [6.45, 7) is 3.34. The number of carbonyl (C=O) groups excluding carboxylic acids is 1. The number of aliphatic carboxylic acids is 1. The quantitative estimate of drug-likeness (QED) is 0.157. The van der Waals surface area contributed by atoms with Crippen molar-refractivity contribution in [1.82, 2.24) is 0 Å². The van der Waals surface area contributed by atoms with Gasteiger partial charge in [-0.2, -0.15) is 0 Å². The van der Waals surface area contributed by atoms with E-state index < -0.39 is 97.3 Å². The number of esters is 1. The Morgan fingerprint density at radius 1 is 0.936 bits per heavy atom. The number of hydrogen-bond acceptors (Lipinski definition) is 13. The van der Waals surface area contributed by atoms with Crippen LogP contribution in [-0.2, 0) is 33.3 Å². The van der Waals surface area contributed by atoms with Crippen molar-refractivity contribution in [1.29, 1.82) is 0 Å². The van der Waals surface area contributed by atoms with Crippen LogP contribution in [0.4, 0.5) is 0 Å². The number of carboxylic acid groups (broad SMARTS) is 1. The van der Waals surface area contributed by atoms with E-state index in [9.17, 15) is 40.2 Å². The molecule has 3 fully saturated rings. The highest BCUT2D eigenvalue weighted by Crippen LogP contribution is 2.39. The summed E-state index contributed by atoms with van der Waals surface area (Å²) in [5.74, 6) is -5.45. The molecule has 9 unspecified atom stereocenters. The minimum atomic E-state index is -2.10. The summed E-state index contributed by atoms with van der Waals surface area (Å²) in [6.07, 6.45) is 5.25. The third-order valence-corrected chi connectivity index (χ3v) is 8.58. The molecule has 8 N–H and O–H groups in total. The summed E-state index contributed by atoms with van der Waals surface area (Å²) in [7, 11) is 0. The van der Waals surface area contributed by atoms with E-state index in [0.717, 1.165) is 0 Å². The standard InChI is InChI=1S/C33H47NO13/c1-18-10-8-6-4-3-5-7-9-11-21(45-32-30(39)28(34)29(38)19(2)44-32)15-25-27(31(40)41)22(36)17-33(42,47-25)16-20(35)14-24-23(46-24)12-13-26(37)43-18/h3-9,11-13,18-25,27-30,32,35-36,38-39,42H,10,14-17,34H2,1-2H3,(H,40,41)/t18?,19-,20?,21?,22?,23?,24?,25?,27?,28+,29-,30+,32+,33?/m1/s1. The smallest absolute Gasteiger partial charge is 0.330 e. The number of allylic oxidation sites excluding steroid dienone is 6. The fraction of sp³-hybridized carbons (Fsp3) is 0.636. The average Bonchev–Trinajstić information content (AvgIpc) is 3.72. The summed E-state index contributed by atoms with van der Waals surface area (Å²) in [4.78, 5) is 24.4. The highest BCUT2D eigenvalue weighted by Gasteiger charge is 2.51. The van der Waals surface area contributed by atoms with Gasteiger partial charge in [0, 0.05) is 38.2 Å². The predicted molar refractivity (Wildman–Crippen MR) is 165 cm³/mol. The number of epoxide rings is 1. The van der Waals surface area contributed by atoms with Crippen molar-refractivity contribution in [2.75, 3.05) is 0 Å². The fourth-order valence-electron chi connectivity index (χ4n) is 6.00. The minimum absolute atomic E-state index is 0.0789. The molecule has 0 aromatic carbocycles. The average molecular weight is 666 g/mol. The van der Waals surface area contributed by atoms with Crippen LogP contribution in [0.25, 0.3) is 0 Å². The maximum Gasteiger partial charge on any atom is 0.330 e. The summed E-state index contributed by atoms with van der Waals surface area (Å²) in [5.41, 5.74) is 5.98. The molecule has 4 aliphatic rings. The molecule has 4 aliphatic heterocycles. The number of hydrogen-bond donors (Lipinski definition) is 7. The first-order chi connectivity index (χ1) is 22.3. The second-order valence-corrected chi connectivity index (χ2v) is 12.6. The van der Waals surface area contributed by atoms with E-state index in [4.69, 9.17) is 29.4 Å². The van der Waals surface area contributed by atoms with Gasteiger partial charge in [0.15, 0.2) is 12.1 Å². The lowest BCUT2D eigenvalue weighted by Crippen LogP contribution is -2.61. The first-order valence-corrected chi connectivity index (χ1v) is 15.9. The van der Waals surface area contributed by atoms with E-state index in [-0.39, 0.29) is 25.4 Å². The number of fused-ring (bicyclic) bond motifs is 3. The zero-order valence-electron chi connectivity index (χ0n) is 26.4. The van der Waals surface area contributed by atoms with Crippen LogP contribution in [0, 0.1) is 5.92 Å². The highest BCUT2D eigenvalue weighted by atomic mass is 16.7. The SMILES string of the molecule is CC1CC=CC=CC=CC=CC(O[C@@H]2O[C@H](C)[C@@H](O)[C@H](N)[C@@H]2O)CC2OC(O)(CC(O)CC3OC3C=CC(=O)O1)CC(O)C2C(=O)O. The van der Waals surface area contributed by atoms with Crippen LogP contribution < -0.4 is 5.73 Å². The molecule has 47 heavy (non-hydrogen) atoms. The number of aliphatic hydroxyl groups excluding tert-OH is 4. The molecule has 0 amide bonds. The van der Waals surface area contributed by atoms with Crippen LogP contribution >= 0.6 is 0 Å². The largest absolute Gasteiger partial charge is 0.481 e. The third kappa shape index (κ3) is 10.6. The van der Waals surface area contributed by atoms with Crippen molar-refractivity contribution in [3.05, 3.63) is 60.8 Å². The molecule has 0 saturated carbocycles. The zero-order valence-corrected chi connectivity index (χ0v) is 26.4. The number of cyclic esters (lactones) is 1. The van der Waals surface area contributed by atoms with Gasteiger partial charge in [-0.3, -0.25) is 4.79 Å². The number of carbonyl (C=O) groups is 2. The Morgan fingerprint density at radius 3 is 2.36 bits per heavy atom. The Hall–Kier alpha value is -2.76. The van der Waals surface area contributed by atoms with Gasteiger partial charge in [0.05, 0.1) is 48.8 Å². The first-order valence-electron chi connectivity index (χ1n) is 15.9. The summed E-state index contributed by atoms with van der Waals surface area (Å²) in [6, 6.07) is -1.08. The molecule has 0 aliphatic carbocycles. The van der Waals surface area contributed by atoms with Gasteiger partial charge in [-0.05, 0) is 19.9 Å². The third-order valence-electron chi connectivity index (χ3n) is 8.58. The number of ether oxygens (including phenoxy) is 5. The Kier molecular flexibility index (Phi) is 13.1. The molecule has 0 spiro atoms. The molecule has 0 aromatic rings. The van der Waals surface area contributed by atoms with Crippen LogP contribution in [0.5, 0.6) is 0 Å². The van der Waals surface area contributed by atoms with Crippen molar-refractivity contribution >= 4 is 11.9 Å². The van der Waals surface area contributed by atoms with Gasteiger partial charge in [0.25, 0.3) is 0 Å². The number of carboxylic acids is 1. The van der Waals surface area contributed by atoms with Crippen molar-refractivity contribution < 1.29 is 63.9 Å².